The van der Waals surface area contributed by atoms with Crippen LogP contribution in [0.1, 0.15) is 11.6 Å². The van der Waals surface area contributed by atoms with Crippen LogP contribution in [-0.4, -0.2) is 44.5 Å². The highest BCUT2D eigenvalue weighted by Gasteiger charge is 2.27. The minimum atomic E-state index is -2.86. The molecule has 2 aromatic carbocycles. The van der Waals surface area contributed by atoms with Crippen LogP contribution >= 0.6 is 0 Å². The van der Waals surface area contributed by atoms with E-state index in [-0.39, 0.29) is 17.5 Å². The van der Waals surface area contributed by atoms with E-state index in [2.05, 4.69) is 35.2 Å². The summed E-state index contributed by atoms with van der Waals surface area (Å²) >= 11 is 0. The highest BCUT2D eigenvalue weighted by Crippen LogP contribution is 2.25. The van der Waals surface area contributed by atoms with E-state index in [1.54, 1.807) is 0 Å². The van der Waals surface area contributed by atoms with Gasteiger partial charge in [-0.15, -0.1) is 0 Å². The molecule has 0 saturated carbocycles. The molecule has 0 amide bonds. The van der Waals surface area contributed by atoms with Crippen molar-refractivity contribution in [2.75, 3.05) is 31.1 Å². The van der Waals surface area contributed by atoms with E-state index >= 15 is 0 Å². The summed E-state index contributed by atoms with van der Waals surface area (Å²) in [6.45, 7) is 1.63. The molecule has 1 aliphatic rings. The van der Waals surface area contributed by atoms with Crippen molar-refractivity contribution in [1.29, 1.82) is 0 Å². The summed E-state index contributed by atoms with van der Waals surface area (Å²) in [4.78, 5) is 2.19. The van der Waals surface area contributed by atoms with Gasteiger partial charge in [0.2, 0.25) is 0 Å². The molecule has 1 atom stereocenters. The van der Waals surface area contributed by atoms with E-state index in [1.807, 2.05) is 12.1 Å². The lowest BCUT2D eigenvalue weighted by atomic mass is 10.0. The first-order chi connectivity index (χ1) is 10.1. The molecule has 0 aliphatic carbocycles. The predicted octanol–water partition coefficient (Wildman–Crippen LogP) is 1.57. The van der Waals surface area contributed by atoms with E-state index in [4.69, 9.17) is 5.73 Å². The lowest BCUT2D eigenvalue weighted by Gasteiger charge is -2.34. The fourth-order valence-electron chi connectivity index (χ4n) is 2.95. The molecule has 0 bridgehead atoms. The second-order valence-electron chi connectivity index (χ2n) is 5.55. The van der Waals surface area contributed by atoms with Gasteiger partial charge < -0.3 is 5.73 Å². The summed E-state index contributed by atoms with van der Waals surface area (Å²) in [6.07, 6.45) is 0. The summed E-state index contributed by atoms with van der Waals surface area (Å²) < 4.78 is 23.1. The van der Waals surface area contributed by atoms with Gasteiger partial charge in [-0.25, -0.2) is 8.42 Å². The number of benzene rings is 2. The molecule has 2 N–H and O–H groups in total. The molecule has 1 heterocycles. The molecular formula is C16H20N2O2S. The average molecular weight is 304 g/mol. The summed E-state index contributed by atoms with van der Waals surface area (Å²) in [7, 11) is -2.86. The number of sulfone groups is 1. The summed E-state index contributed by atoms with van der Waals surface area (Å²) in [5.74, 6) is 0.466. The molecule has 3 rings (SSSR count). The Bertz CT molecular complexity index is 729. The zero-order valence-electron chi connectivity index (χ0n) is 11.9. The van der Waals surface area contributed by atoms with Crippen LogP contribution in [0.4, 0.5) is 0 Å². The van der Waals surface area contributed by atoms with Crippen molar-refractivity contribution in [1.82, 2.24) is 4.90 Å². The van der Waals surface area contributed by atoms with Gasteiger partial charge in [0, 0.05) is 25.7 Å². The van der Waals surface area contributed by atoms with Gasteiger partial charge in [0.05, 0.1) is 11.5 Å². The normalized spacial score (nSPS) is 20.4. The second-order valence-corrected chi connectivity index (χ2v) is 7.85. The van der Waals surface area contributed by atoms with Crippen molar-refractivity contribution in [2.24, 2.45) is 5.73 Å². The first-order valence-corrected chi connectivity index (χ1v) is 9.04. The molecule has 0 radical (unpaired) electrons. The van der Waals surface area contributed by atoms with Crippen LogP contribution in [0.3, 0.4) is 0 Å². The van der Waals surface area contributed by atoms with Crippen molar-refractivity contribution < 1.29 is 8.42 Å². The molecule has 1 fully saturated rings. The standard InChI is InChI=1S/C16H20N2O2S/c17-12-16(18-7-9-21(19,20)10-8-18)15-6-5-13-3-1-2-4-14(13)11-15/h1-6,11,16H,7-10,12,17H2. The van der Waals surface area contributed by atoms with Crippen molar-refractivity contribution in [3.63, 3.8) is 0 Å². The van der Waals surface area contributed by atoms with E-state index < -0.39 is 9.84 Å². The fraction of sp³-hybridized carbons (Fsp3) is 0.375. The Hall–Kier alpha value is -1.43. The van der Waals surface area contributed by atoms with Gasteiger partial charge in [0.15, 0.2) is 9.84 Å². The van der Waals surface area contributed by atoms with Crippen molar-refractivity contribution in [3.8, 4) is 0 Å². The molecule has 112 valence electrons. The molecule has 2 aromatic rings. The van der Waals surface area contributed by atoms with Crippen LogP contribution in [0.25, 0.3) is 10.8 Å². The minimum Gasteiger partial charge on any atom is -0.329 e. The molecule has 5 heteroatoms. The number of rotatable bonds is 3. The highest BCUT2D eigenvalue weighted by molar-refractivity contribution is 7.91. The van der Waals surface area contributed by atoms with Crippen LogP contribution in [0.5, 0.6) is 0 Å². The van der Waals surface area contributed by atoms with Gasteiger partial charge in [-0.1, -0.05) is 36.4 Å². The van der Waals surface area contributed by atoms with E-state index in [1.165, 1.54) is 10.8 Å². The monoisotopic (exact) mass is 304 g/mol. The number of hydrogen-bond acceptors (Lipinski definition) is 4. The van der Waals surface area contributed by atoms with Crippen molar-refractivity contribution in [3.05, 3.63) is 48.0 Å². The van der Waals surface area contributed by atoms with Gasteiger partial charge in [-0.2, -0.15) is 0 Å². The Labute approximate surface area is 125 Å². The maximum atomic E-state index is 11.6. The van der Waals surface area contributed by atoms with E-state index in [0.717, 1.165) is 5.56 Å². The van der Waals surface area contributed by atoms with E-state index in [0.29, 0.717) is 19.6 Å². The second kappa shape index (κ2) is 5.75. The average Bonchev–Trinajstić information content (AvgIpc) is 2.49. The summed E-state index contributed by atoms with van der Waals surface area (Å²) in [6, 6.07) is 14.7. The maximum absolute atomic E-state index is 11.6. The van der Waals surface area contributed by atoms with Crippen LogP contribution in [-0.2, 0) is 9.84 Å². The fourth-order valence-corrected chi connectivity index (χ4v) is 4.18. The molecular weight excluding hydrogens is 284 g/mol. The summed E-state index contributed by atoms with van der Waals surface area (Å²) in [5.41, 5.74) is 7.12. The quantitative estimate of drug-likeness (QED) is 0.935. The molecule has 4 nitrogen and oxygen atoms in total. The Morgan fingerprint density at radius 3 is 2.38 bits per heavy atom. The Morgan fingerprint density at radius 2 is 1.71 bits per heavy atom. The zero-order chi connectivity index (χ0) is 14.9. The van der Waals surface area contributed by atoms with Crippen molar-refractivity contribution >= 4 is 20.6 Å². The number of nitrogens with two attached hydrogens (primary N) is 1. The third-order valence-electron chi connectivity index (χ3n) is 4.20. The van der Waals surface area contributed by atoms with Crippen LogP contribution in [0, 0.1) is 0 Å². The van der Waals surface area contributed by atoms with Gasteiger partial charge in [-0.05, 0) is 22.4 Å². The molecule has 1 unspecified atom stereocenters. The number of hydrogen-bond donors (Lipinski definition) is 1. The Morgan fingerprint density at radius 1 is 1.05 bits per heavy atom. The summed E-state index contributed by atoms with van der Waals surface area (Å²) in [5, 5.41) is 2.40. The van der Waals surface area contributed by atoms with Crippen molar-refractivity contribution in [2.45, 2.75) is 6.04 Å². The van der Waals surface area contributed by atoms with Crippen LogP contribution in [0.15, 0.2) is 42.5 Å². The lowest BCUT2D eigenvalue weighted by molar-refractivity contribution is 0.219. The molecule has 21 heavy (non-hydrogen) atoms. The van der Waals surface area contributed by atoms with Gasteiger partial charge >= 0.3 is 0 Å². The predicted molar refractivity (Wildman–Crippen MR) is 86.0 cm³/mol. The lowest BCUT2D eigenvalue weighted by Crippen LogP contribution is -2.44. The molecule has 1 aliphatic heterocycles. The molecule has 0 aromatic heterocycles. The largest absolute Gasteiger partial charge is 0.329 e. The molecule has 0 spiro atoms. The number of nitrogens with zero attached hydrogens (tertiary/aromatic N) is 1. The number of fused-ring (bicyclic) bond motifs is 1. The minimum absolute atomic E-state index is 0.0881. The van der Waals surface area contributed by atoms with Gasteiger partial charge in [0.25, 0.3) is 0 Å². The molecule has 1 saturated heterocycles. The highest BCUT2D eigenvalue weighted by atomic mass is 32.2. The third-order valence-corrected chi connectivity index (χ3v) is 5.81. The first kappa shape index (κ1) is 14.5. The Balaban J connectivity index is 1.88. The third kappa shape index (κ3) is 3.10. The topological polar surface area (TPSA) is 63.4 Å². The SMILES string of the molecule is NCC(c1ccc2ccccc2c1)N1CCS(=O)(=O)CC1. The maximum Gasteiger partial charge on any atom is 0.152 e. The zero-order valence-corrected chi connectivity index (χ0v) is 12.7. The van der Waals surface area contributed by atoms with Gasteiger partial charge in [0.1, 0.15) is 0 Å². The van der Waals surface area contributed by atoms with E-state index in [9.17, 15) is 8.42 Å². The Kier molecular flexibility index (Phi) is 3.97. The van der Waals surface area contributed by atoms with Crippen LogP contribution in [0.2, 0.25) is 0 Å². The first-order valence-electron chi connectivity index (χ1n) is 7.22. The smallest absolute Gasteiger partial charge is 0.152 e. The van der Waals surface area contributed by atoms with Crippen LogP contribution < -0.4 is 5.73 Å². The van der Waals surface area contributed by atoms with Gasteiger partial charge in [-0.3, -0.25) is 4.90 Å².